The fourth-order valence-electron chi connectivity index (χ4n) is 2.06. The molecule has 0 bridgehead atoms. The zero-order valence-corrected chi connectivity index (χ0v) is 10.5. The Hall–Kier alpha value is -1.55. The molecular weight excluding hydrogens is 216 g/mol. The largest absolute Gasteiger partial charge is 0.466 e. The van der Waals surface area contributed by atoms with Crippen LogP contribution in [-0.4, -0.2) is 14.7 Å². The summed E-state index contributed by atoms with van der Waals surface area (Å²) in [5, 5.41) is 10.3. The van der Waals surface area contributed by atoms with Crippen LogP contribution in [0.2, 0.25) is 0 Å². The van der Waals surface area contributed by atoms with E-state index in [9.17, 15) is 5.11 Å². The van der Waals surface area contributed by atoms with Crippen molar-refractivity contribution < 1.29 is 9.52 Å². The fraction of sp³-hybridized carbons (Fsp3) is 0.462. The Morgan fingerprint density at radius 1 is 1.47 bits per heavy atom. The SMILES string of the molecule is CCCn1ccnc1C(O)c1cc(C)oc1C. The number of rotatable bonds is 4. The molecule has 0 aliphatic rings. The predicted octanol–water partition coefficient (Wildman–Crippen LogP) is 2.58. The van der Waals surface area contributed by atoms with Crippen LogP contribution in [-0.2, 0) is 6.54 Å². The lowest BCUT2D eigenvalue weighted by molar-refractivity contribution is 0.202. The minimum Gasteiger partial charge on any atom is -0.466 e. The lowest BCUT2D eigenvalue weighted by Crippen LogP contribution is -2.09. The molecular formula is C13H18N2O2. The molecule has 1 unspecified atom stereocenters. The summed E-state index contributed by atoms with van der Waals surface area (Å²) in [5.41, 5.74) is 0.797. The molecule has 0 radical (unpaired) electrons. The van der Waals surface area contributed by atoms with Crippen molar-refractivity contribution >= 4 is 0 Å². The lowest BCUT2D eigenvalue weighted by atomic mass is 10.1. The van der Waals surface area contributed by atoms with Crippen LogP contribution in [0.4, 0.5) is 0 Å². The Balaban J connectivity index is 2.33. The van der Waals surface area contributed by atoms with Crippen molar-refractivity contribution in [1.82, 2.24) is 9.55 Å². The molecule has 92 valence electrons. The van der Waals surface area contributed by atoms with Crippen molar-refractivity contribution in [1.29, 1.82) is 0 Å². The van der Waals surface area contributed by atoms with Gasteiger partial charge in [0.05, 0.1) is 0 Å². The topological polar surface area (TPSA) is 51.2 Å². The summed E-state index contributed by atoms with van der Waals surface area (Å²) in [6, 6.07) is 1.87. The van der Waals surface area contributed by atoms with E-state index in [1.807, 2.05) is 30.7 Å². The molecule has 2 rings (SSSR count). The van der Waals surface area contributed by atoms with Crippen LogP contribution in [0.3, 0.4) is 0 Å². The Morgan fingerprint density at radius 3 is 2.82 bits per heavy atom. The number of aliphatic hydroxyl groups excluding tert-OH is 1. The van der Waals surface area contributed by atoms with E-state index in [2.05, 4.69) is 11.9 Å². The second-order valence-corrected chi connectivity index (χ2v) is 4.25. The number of aromatic nitrogens is 2. The summed E-state index contributed by atoms with van der Waals surface area (Å²) in [4.78, 5) is 4.23. The van der Waals surface area contributed by atoms with Gasteiger partial charge in [-0.2, -0.15) is 0 Å². The average molecular weight is 234 g/mol. The molecule has 0 saturated heterocycles. The van der Waals surface area contributed by atoms with Crippen LogP contribution < -0.4 is 0 Å². The molecule has 4 heteroatoms. The highest BCUT2D eigenvalue weighted by Gasteiger charge is 2.20. The monoisotopic (exact) mass is 234 g/mol. The van der Waals surface area contributed by atoms with Crippen molar-refractivity contribution in [2.45, 2.75) is 39.8 Å². The van der Waals surface area contributed by atoms with Crippen LogP contribution in [0.25, 0.3) is 0 Å². The summed E-state index contributed by atoms with van der Waals surface area (Å²) >= 11 is 0. The fourth-order valence-corrected chi connectivity index (χ4v) is 2.06. The molecule has 17 heavy (non-hydrogen) atoms. The third-order valence-corrected chi connectivity index (χ3v) is 2.83. The zero-order chi connectivity index (χ0) is 12.4. The first-order chi connectivity index (χ1) is 8.13. The van der Waals surface area contributed by atoms with E-state index < -0.39 is 6.10 Å². The van der Waals surface area contributed by atoms with Gasteiger partial charge in [-0.15, -0.1) is 0 Å². The molecule has 0 saturated carbocycles. The maximum absolute atomic E-state index is 10.3. The van der Waals surface area contributed by atoms with Gasteiger partial charge in [0, 0.05) is 24.5 Å². The van der Waals surface area contributed by atoms with Gasteiger partial charge in [-0.05, 0) is 26.3 Å². The van der Waals surface area contributed by atoms with E-state index in [1.165, 1.54) is 0 Å². The maximum atomic E-state index is 10.3. The molecule has 0 aliphatic heterocycles. The molecule has 2 aromatic heterocycles. The average Bonchev–Trinajstić information content (AvgIpc) is 2.85. The van der Waals surface area contributed by atoms with Gasteiger partial charge in [-0.3, -0.25) is 0 Å². The molecule has 1 atom stereocenters. The highest BCUT2D eigenvalue weighted by atomic mass is 16.3. The summed E-state index contributed by atoms with van der Waals surface area (Å²) < 4.78 is 7.42. The number of aryl methyl sites for hydroxylation is 3. The third kappa shape index (κ3) is 2.26. The van der Waals surface area contributed by atoms with Crippen molar-refractivity contribution in [2.75, 3.05) is 0 Å². The molecule has 1 N–H and O–H groups in total. The molecule has 4 nitrogen and oxygen atoms in total. The highest BCUT2D eigenvalue weighted by molar-refractivity contribution is 5.27. The number of nitrogens with zero attached hydrogens (tertiary/aromatic N) is 2. The van der Waals surface area contributed by atoms with Crippen molar-refractivity contribution in [2.24, 2.45) is 0 Å². The van der Waals surface area contributed by atoms with Gasteiger partial charge in [0.2, 0.25) is 0 Å². The summed E-state index contributed by atoms with van der Waals surface area (Å²) in [5.74, 6) is 2.24. The van der Waals surface area contributed by atoms with Crippen LogP contribution in [0.5, 0.6) is 0 Å². The van der Waals surface area contributed by atoms with Gasteiger partial charge < -0.3 is 14.1 Å². The summed E-state index contributed by atoms with van der Waals surface area (Å²) in [6.07, 6.45) is 3.91. The molecule has 2 aromatic rings. The van der Waals surface area contributed by atoms with E-state index in [0.717, 1.165) is 30.0 Å². The molecule has 0 fully saturated rings. The predicted molar refractivity (Wildman–Crippen MR) is 64.8 cm³/mol. The van der Waals surface area contributed by atoms with Gasteiger partial charge >= 0.3 is 0 Å². The van der Waals surface area contributed by atoms with Crippen molar-refractivity contribution in [3.05, 3.63) is 41.4 Å². The van der Waals surface area contributed by atoms with E-state index >= 15 is 0 Å². The number of hydrogen-bond donors (Lipinski definition) is 1. The maximum Gasteiger partial charge on any atom is 0.142 e. The second-order valence-electron chi connectivity index (χ2n) is 4.25. The van der Waals surface area contributed by atoms with E-state index in [0.29, 0.717) is 5.82 Å². The van der Waals surface area contributed by atoms with Gasteiger partial charge in [-0.1, -0.05) is 6.92 Å². The first-order valence-corrected chi connectivity index (χ1v) is 5.89. The minimum absolute atomic E-state index is 0.677. The molecule has 2 heterocycles. The Labute approximate surface area is 101 Å². The Kier molecular flexibility index (Phi) is 3.33. The number of hydrogen-bond acceptors (Lipinski definition) is 3. The van der Waals surface area contributed by atoms with E-state index in [1.54, 1.807) is 6.20 Å². The number of imidazole rings is 1. The quantitative estimate of drug-likeness (QED) is 0.884. The highest BCUT2D eigenvalue weighted by Crippen LogP contribution is 2.26. The summed E-state index contributed by atoms with van der Waals surface area (Å²) in [6.45, 7) is 6.70. The molecule has 0 aliphatic carbocycles. The zero-order valence-electron chi connectivity index (χ0n) is 10.5. The normalized spacial score (nSPS) is 12.9. The first-order valence-electron chi connectivity index (χ1n) is 5.89. The van der Waals surface area contributed by atoms with Crippen LogP contribution in [0.15, 0.2) is 22.9 Å². The van der Waals surface area contributed by atoms with Gasteiger partial charge in [-0.25, -0.2) is 4.98 Å². The summed E-state index contributed by atoms with van der Waals surface area (Å²) in [7, 11) is 0. The van der Waals surface area contributed by atoms with E-state index in [-0.39, 0.29) is 0 Å². The molecule has 0 aromatic carbocycles. The smallest absolute Gasteiger partial charge is 0.142 e. The lowest BCUT2D eigenvalue weighted by Gasteiger charge is -2.11. The van der Waals surface area contributed by atoms with E-state index in [4.69, 9.17) is 4.42 Å². The number of furan rings is 1. The standard InChI is InChI=1S/C13H18N2O2/c1-4-6-15-7-5-14-13(15)12(16)11-8-9(2)17-10(11)3/h5,7-8,12,16H,4,6H2,1-3H3. The van der Waals surface area contributed by atoms with Crippen LogP contribution in [0.1, 0.15) is 42.4 Å². The van der Waals surface area contributed by atoms with Gasteiger partial charge in [0.15, 0.2) is 0 Å². The third-order valence-electron chi connectivity index (χ3n) is 2.83. The van der Waals surface area contributed by atoms with Gasteiger partial charge in [0.1, 0.15) is 23.4 Å². The second kappa shape index (κ2) is 4.75. The van der Waals surface area contributed by atoms with Crippen molar-refractivity contribution in [3.63, 3.8) is 0 Å². The first kappa shape index (κ1) is 11.9. The number of aliphatic hydroxyl groups is 1. The molecule has 0 amide bonds. The Bertz CT molecular complexity index is 499. The van der Waals surface area contributed by atoms with Gasteiger partial charge in [0.25, 0.3) is 0 Å². The molecule has 0 spiro atoms. The van der Waals surface area contributed by atoms with Crippen LogP contribution >= 0.6 is 0 Å². The van der Waals surface area contributed by atoms with Crippen LogP contribution in [0, 0.1) is 13.8 Å². The van der Waals surface area contributed by atoms with Crippen molar-refractivity contribution in [3.8, 4) is 0 Å². The minimum atomic E-state index is -0.714. The Morgan fingerprint density at radius 2 is 2.24 bits per heavy atom.